The molecule has 0 amide bonds. The second-order valence-corrected chi connectivity index (χ2v) is 3.95. The van der Waals surface area contributed by atoms with Crippen molar-refractivity contribution in [1.29, 1.82) is 5.41 Å². The summed E-state index contributed by atoms with van der Waals surface area (Å²) in [5.41, 5.74) is 0. The fraction of sp³-hybridized carbons (Fsp3) is 0.875. The Morgan fingerprint density at radius 1 is 1.42 bits per heavy atom. The second-order valence-electron chi connectivity index (χ2n) is 2.42. The molecule has 0 aromatic carbocycles. The molecule has 0 aliphatic rings. The maximum Gasteiger partial charge on any atom is 0.231 e. The number of unbranched alkanes of at least 4 members (excludes halogenated alkanes) is 1. The molecule has 72 valence electrons. The largest absolute Gasteiger partial charge is 0.424 e. The van der Waals surface area contributed by atoms with Gasteiger partial charge in [-0.1, -0.05) is 26.7 Å². The molecule has 0 bridgehead atoms. The van der Waals surface area contributed by atoms with E-state index in [4.69, 9.17) is 14.6 Å². The quantitative estimate of drug-likeness (QED) is 0.299. The van der Waals surface area contributed by atoms with E-state index in [2.05, 4.69) is 13.8 Å². The number of rotatable bonds is 6. The van der Waals surface area contributed by atoms with E-state index in [1.54, 1.807) is 0 Å². The summed E-state index contributed by atoms with van der Waals surface area (Å²) in [6, 6.07) is 1.35. The van der Waals surface area contributed by atoms with Gasteiger partial charge in [0.1, 0.15) is 0 Å². The van der Waals surface area contributed by atoms with Crippen LogP contribution in [-0.4, -0.2) is 22.4 Å². The van der Waals surface area contributed by atoms with Crippen LogP contribution in [0.3, 0.4) is 0 Å². The number of isocyanates is 1. The van der Waals surface area contributed by atoms with Crippen LogP contribution in [0.2, 0.25) is 6.04 Å². The van der Waals surface area contributed by atoms with Gasteiger partial charge in [-0.05, 0) is 12.5 Å². The minimum atomic E-state index is -0.109. The summed E-state index contributed by atoms with van der Waals surface area (Å²) < 4.78 is 5.45. The number of carbonyl (C=O) groups excluding carboxylic acids is 1. The molecule has 0 aliphatic carbocycles. The Bertz CT molecular complexity index is 97.2. The van der Waals surface area contributed by atoms with E-state index in [0.717, 1.165) is 12.7 Å². The molecule has 0 aliphatic heterocycles. The van der Waals surface area contributed by atoms with Crippen molar-refractivity contribution in [1.82, 2.24) is 0 Å². The lowest BCUT2D eigenvalue weighted by atomic mass is 10.4. The normalized spacial score (nSPS) is 9.17. The van der Waals surface area contributed by atoms with E-state index in [-0.39, 0.29) is 9.76 Å². The van der Waals surface area contributed by atoms with Crippen LogP contribution in [0.1, 0.15) is 33.1 Å². The van der Waals surface area contributed by atoms with Crippen LogP contribution < -0.4 is 0 Å². The lowest BCUT2D eigenvalue weighted by molar-refractivity contribution is 0.325. The smallest absolute Gasteiger partial charge is 0.231 e. The third-order valence-electron chi connectivity index (χ3n) is 1.28. The third kappa shape index (κ3) is 22.7. The topological polar surface area (TPSA) is 50.1 Å². The van der Waals surface area contributed by atoms with E-state index in [1.165, 1.54) is 25.3 Å². The molecule has 0 saturated heterocycles. The molecular formula is C8H19NO2Si. The zero-order chi connectivity index (χ0) is 9.66. The highest BCUT2D eigenvalue weighted by molar-refractivity contribution is 6.26. The van der Waals surface area contributed by atoms with Crippen molar-refractivity contribution in [3.8, 4) is 0 Å². The predicted octanol–water partition coefficient (Wildman–Crippen LogP) is 1.62. The first kappa shape index (κ1) is 14.1. The molecule has 0 aromatic rings. The Labute approximate surface area is 77.0 Å². The molecule has 0 radical (unpaired) electrons. The molecule has 0 atom stereocenters. The summed E-state index contributed by atoms with van der Waals surface area (Å²) >= 11 is 0. The predicted molar refractivity (Wildman–Crippen MR) is 52.9 cm³/mol. The monoisotopic (exact) mass is 189 g/mol. The van der Waals surface area contributed by atoms with Crippen molar-refractivity contribution < 1.29 is 9.22 Å². The minimum absolute atomic E-state index is 0.109. The fourth-order valence-electron chi connectivity index (χ4n) is 0.595. The van der Waals surface area contributed by atoms with Crippen molar-refractivity contribution in [2.24, 2.45) is 0 Å². The molecule has 12 heavy (non-hydrogen) atoms. The average Bonchev–Trinajstić information content (AvgIpc) is 2.06. The van der Waals surface area contributed by atoms with E-state index in [1.807, 2.05) is 0 Å². The van der Waals surface area contributed by atoms with Crippen molar-refractivity contribution in [2.75, 3.05) is 6.61 Å². The highest BCUT2D eigenvalue weighted by atomic mass is 28.2. The van der Waals surface area contributed by atoms with E-state index < -0.39 is 0 Å². The van der Waals surface area contributed by atoms with Gasteiger partial charge in [0.05, 0.1) is 0 Å². The van der Waals surface area contributed by atoms with Crippen LogP contribution >= 0.6 is 0 Å². The molecule has 0 aromatic heterocycles. The first-order chi connectivity index (χ1) is 5.83. The van der Waals surface area contributed by atoms with Gasteiger partial charge in [0, 0.05) is 6.61 Å². The molecule has 0 spiro atoms. The van der Waals surface area contributed by atoms with Gasteiger partial charge in [0.25, 0.3) is 0 Å². The van der Waals surface area contributed by atoms with Crippen molar-refractivity contribution in [2.45, 2.75) is 39.2 Å². The van der Waals surface area contributed by atoms with Gasteiger partial charge in [-0.15, -0.1) is 0 Å². The van der Waals surface area contributed by atoms with Crippen LogP contribution in [0.5, 0.6) is 0 Å². The summed E-state index contributed by atoms with van der Waals surface area (Å²) in [6.45, 7) is 5.43. The molecule has 0 rings (SSSR count). The van der Waals surface area contributed by atoms with Crippen LogP contribution in [0.4, 0.5) is 0 Å². The Morgan fingerprint density at radius 2 is 2.00 bits per heavy atom. The molecule has 0 heterocycles. The first-order valence-corrected chi connectivity index (χ1v) is 6.02. The standard InChI is InChI=1S/C7H18OSi.CHNO/c1-3-5-6-8-9-7-4-2;2-1-3/h3-7,9H2,1-2H3;2H. The van der Waals surface area contributed by atoms with Gasteiger partial charge in [-0.2, -0.15) is 0 Å². The van der Waals surface area contributed by atoms with Crippen molar-refractivity contribution in [3.05, 3.63) is 0 Å². The molecule has 4 heteroatoms. The highest BCUT2D eigenvalue weighted by Gasteiger charge is 1.85. The summed E-state index contributed by atoms with van der Waals surface area (Å²) in [5, 5.41) is 5.40. The summed E-state index contributed by atoms with van der Waals surface area (Å²) in [5.74, 6) is 0. The van der Waals surface area contributed by atoms with E-state index >= 15 is 0 Å². The Balaban J connectivity index is 0. The zero-order valence-electron chi connectivity index (χ0n) is 8.06. The first-order valence-electron chi connectivity index (χ1n) is 4.45. The van der Waals surface area contributed by atoms with Gasteiger partial charge >= 0.3 is 0 Å². The van der Waals surface area contributed by atoms with E-state index in [9.17, 15) is 0 Å². The Morgan fingerprint density at radius 3 is 2.42 bits per heavy atom. The van der Waals surface area contributed by atoms with Crippen LogP contribution in [0, 0.1) is 5.41 Å². The molecular weight excluding hydrogens is 170 g/mol. The summed E-state index contributed by atoms with van der Waals surface area (Å²) in [6.07, 6.45) is 4.57. The molecule has 0 fully saturated rings. The maximum atomic E-state index is 8.35. The van der Waals surface area contributed by atoms with Crippen LogP contribution in [0.15, 0.2) is 0 Å². The van der Waals surface area contributed by atoms with Gasteiger partial charge in [0.2, 0.25) is 6.08 Å². The molecule has 0 saturated carbocycles. The van der Waals surface area contributed by atoms with Gasteiger partial charge in [0.15, 0.2) is 9.76 Å². The van der Waals surface area contributed by atoms with Crippen LogP contribution in [0.25, 0.3) is 0 Å². The second kappa shape index (κ2) is 16.9. The number of hydrogen-bond donors (Lipinski definition) is 1. The highest BCUT2D eigenvalue weighted by Crippen LogP contribution is 1.90. The lowest BCUT2D eigenvalue weighted by Gasteiger charge is -1.99. The van der Waals surface area contributed by atoms with Crippen LogP contribution in [-0.2, 0) is 9.22 Å². The number of hydrogen-bond acceptors (Lipinski definition) is 3. The molecule has 1 N–H and O–H groups in total. The average molecular weight is 189 g/mol. The zero-order valence-corrected chi connectivity index (χ0v) is 9.47. The number of nitrogens with one attached hydrogen (secondary N) is 1. The third-order valence-corrected chi connectivity index (χ3v) is 2.86. The Kier molecular flexibility index (Phi) is 19.8. The van der Waals surface area contributed by atoms with Gasteiger partial charge in [-0.25, -0.2) is 10.2 Å². The van der Waals surface area contributed by atoms with Crippen molar-refractivity contribution >= 4 is 15.8 Å². The fourth-order valence-corrected chi connectivity index (χ4v) is 1.50. The van der Waals surface area contributed by atoms with Gasteiger partial charge < -0.3 is 4.43 Å². The summed E-state index contributed by atoms with van der Waals surface area (Å²) in [7, 11) is -0.109. The Hall–Kier alpha value is -0.443. The SMILES string of the molecule is CCCCO[SiH2]CCC.N=C=O. The molecule has 0 unspecified atom stereocenters. The maximum absolute atomic E-state index is 8.35. The van der Waals surface area contributed by atoms with Gasteiger partial charge in [-0.3, -0.25) is 0 Å². The molecule has 3 nitrogen and oxygen atoms in total. The van der Waals surface area contributed by atoms with Crippen molar-refractivity contribution in [3.63, 3.8) is 0 Å². The van der Waals surface area contributed by atoms with E-state index in [0.29, 0.717) is 0 Å². The summed E-state index contributed by atoms with van der Waals surface area (Å²) in [4.78, 5) is 8.35. The minimum Gasteiger partial charge on any atom is -0.424 e. The lowest BCUT2D eigenvalue weighted by Crippen LogP contribution is -1.98.